The second kappa shape index (κ2) is 7.27. The van der Waals surface area contributed by atoms with Crippen LogP contribution in [-0.4, -0.2) is 64.8 Å². The Morgan fingerprint density at radius 3 is 2.83 bits per heavy atom. The molecular formula is C17H26N6O. The number of piperazine rings is 1. The van der Waals surface area contributed by atoms with Crippen molar-refractivity contribution in [1.82, 2.24) is 30.3 Å². The summed E-state index contributed by atoms with van der Waals surface area (Å²) in [6.07, 6.45) is 1.78. The third-order valence-electron chi connectivity index (χ3n) is 4.42. The predicted molar refractivity (Wildman–Crippen MR) is 94.3 cm³/mol. The van der Waals surface area contributed by atoms with Crippen molar-refractivity contribution in [2.45, 2.75) is 26.8 Å². The summed E-state index contributed by atoms with van der Waals surface area (Å²) >= 11 is 0. The largest absolute Gasteiger partial charge is 0.351 e. The molecule has 0 aromatic carbocycles. The van der Waals surface area contributed by atoms with Gasteiger partial charge in [-0.1, -0.05) is 0 Å². The molecular weight excluding hydrogens is 304 g/mol. The Morgan fingerprint density at radius 1 is 1.38 bits per heavy atom. The molecule has 7 heteroatoms. The first-order chi connectivity index (χ1) is 11.6. The monoisotopic (exact) mass is 330 g/mol. The molecule has 24 heavy (non-hydrogen) atoms. The predicted octanol–water partition coefficient (Wildman–Crippen LogP) is 0.956. The molecule has 0 unspecified atom stereocenters. The standard InChI is InChI=1S/C17H26N6O/c1-12(2)23-16-14(11-20-23)10-15(13(3)21-16)17(24)19-6-9-22-7-4-18-5-8-22/h10-12,18H,4-9H2,1-3H3,(H,19,24). The van der Waals surface area contributed by atoms with Gasteiger partial charge in [-0.2, -0.15) is 5.10 Å². The second-order valence-corrected chi connectivity index (χ2v) is 6.56. The smallest absolute Gasteiger partial charge is 0.253 e. The van der Waals surface area contributed by atoms with E-state index >= 15 is 0 Å². The summed E-state index contributed by atoms with van der Waals surface area (Å²) < 4.78 is 1.88. The molecule has 2 aromatic rings. The first-order valence-corrected chi connectivity index (χ1v) is 8.62. The third-order valence-corrected chi connectivity index (χ3v) is 4.42. The maximum absolute atomic E-state index is 12.5. The normalized spacial score (nSPS) is 16.0. The SMILES string of the molecule is Cc1nc2c(cnn2C(C)C)cc1C(=O)NCCN1CCNCC1. The van der Waals surface area contributed by atoms with E-state index in [4.69, 9.17) is 0 Å². The number of aryl methyl sites for hydroxylation is 1. The van der Waals surface area contributed by atoms with E-state index in [1.54, 1.807) is 6.20 Å². The van der Waals surface area contributed by atoms with E-state index < -0.39 is 0 Å². The molecule has 1 fully saturated rings. The van der Waals surface area contributed by atoms with Crippen LogP contribution in [0.4, 0.5) is 0 Å². The lowest BCUT2D eigenvalue weighted by atomic mass is 10.1. The van der Waals surface area contributed by atoms with Gasteiger partial charge >= 0.3 is 0 Å². The molecule has 1 amide bonds. The summed E-state index contributed by atoms with van der Waals surface area (Å²) in [6.45, 7) is 11.7. The van der Waals surface area contributed by atoms with Gasteiger partial charge in [0.05, 0.1) is 17.5 Å². The lowest BCUT2D eigenvalue weighted by molar-refractivity contribution is 0.0946. The highest BCUT2D eigenvalue weighted by Crippen LogP contribution is 2.19. The van der Waals surface area contributed by atoms with E-state index in [1.807, 2.05) is 17.7 Å². The Balaban J connectivity index is 1.67. The lowest BCUT2D eigenvalue weighted by Gasteiger charge is -2.27. The number of hydrogen-bond donors (Lipinski definition) is 2. The van der Waals surface area contributed by atoms with Crippen LogP contribution in [0.5, 0.6) is 0 Å². The molecule has 2 aromatic heterocycles. The Morgan fingerprint density at radius 2 is 2.12 bits per heavy atom. The minimum atomic E-state index is -0.0608. The molecule has 0 spiro atoms. The summed E-state index contributed by atoms with van der Waals surface area (Å²) in [5.41, 5.74) is 2.20. The Bertz CT molecular complexity index is 717. The number of pyridine rings is 1. The maximum atomic E-state index is 12.5. The summed E-state index contributed by atoms with van der Waals surface area (Å²) in [5, 5.41) is 11.6. The number of amides is 1. The van der Waals surface area contributed by atoms with Crippen molar-refractivity contribution in [2.75, 3.05) is 39.3 Å². The molecule has 1 aliphatic rings. The van der Waals surface area contributed by atoms with Crippen molar-refractivity contribution in [2.24, 2.45) is 0 Å². The molecule has 1 saturated heterocycles. The van der Waals surface area contributed by atoms with E-state index in [-0.39, 0.29) is 11.9 Å². The molecule has 3 rings (SSSR count). The van der Waals surface area contributed by atoms with Gasteiger partial charge in [0, 0.05) is 50.7 Å². The quantitative estimate of drug-likeness (QED) is 0.854. The van der Waals surface area contributed by atoms with E-state index in [1.165, 1.54) is 0 Å². The van der Waals surface area contributed by atoms with Gasteiger partial charge in [-0.3, -0.25) is 9.69 Å². The zero-order chi connectivity index (χ0) is 17.1. The van der Waals surface area contributed by atoms with Gasteiger partial charge in [0.2, 0.25) is 0 Å². The van der Waals surface area contributed by atoms with Gasteiger partial charge in [0.25, 0.3) is 5.91 Å². The van der Waals surface area contributed by atoms with Crippen molar-refractivity contribution in [3.63, 3.8) is 0 Å². The fourth-order valence-electron chi connectivity index (χ4n) is 3.03. The third kappa shape index (κ3) is 3.57. The molecule has 0 aliphatic carbocycles. The highest BCUT2D eigenvalue weighted by Gasteiger charge is 2.15. The highest BCUT2D eigenvalue weighted by molar-refractivity contribution is 5.98. The Kier molecular flexibility index (Phi) is 5.11. The average Bonchev–Trinajstić information content (AvgIpc) is 2.98. The van der Waals surface area contributed by atoms with Crippen molar-refractivity contribution < 1.29 is 4.79 Å². The van der Waals surface area contributed by atoms with Crippen LogP contribution in [-0.2, 0) is 0 Å². The lowest BCUT2D eigenvalue weighted by Crippen LogP contribution is -2.46. The van der Waals surface area contributed by atoms with Gasteiger partial charge in [0.1, 0.15) is 0 Å². The second-order valence-electron chi connectivity index (χ2n) is 6.56. The topological polar surface area (TPSA) is 75.1 Å². The molecule has 3 heterocycles. The first kappa shape index (κ1) is 16.9. The molecule has 1 aliphatic heterocycles. The van der Waals surface area contributed by atoms with Crippen LogP contribution in [0.15, 0.2) is 12.3 Å². The van der Waals surface area contributed by atoms with Gasteiger partial charge in [0.15, 0.2) is 5.65 Å². The number of carbonyl (C=O) groups excluding carboxylic acids is 1. The van der Waals surface area contributed by atoms with Gasteiger partial charge in [-0.05, 0) is 26.8 Å². The fraction of sp³-hybridized carbons (Fsp3) is 0.588. The first-order valence-electron chi connectivity index (χ1n) is 8.62. The molecule has 0 bridgehead atoms. The highest BCUT2D eigenvalue weighted by atomic mass is 16.1. The van der Waals surface area contributed by atoms with Gasteiger partial charge in [-0.15, -0.1) is 0 Å². The van der Waals surface area contributed by atoms with Crippen LogP contribution in [0, 0.1) is 6.92 Å². The summed E-state index contributed by atoms with van der Waals surface area (Å²) in [4.78, 5) is 19.4. The number of aromatic nitrogens is 3. The molecule has 130 valence electrons. The Labute approximate surface area is 142 Å². The van der Waals surface area contributed by atoms with Crippen LogP contribution in [0.3, 0.4) is 0 Å². The van der Waals surface area contributed by atoms with Crippen LogP contribution in [0.25, 0.3) is 11.0 Å². The number of nitrogens with zero attached hydrogens (tertiary/aromatic N) is 4. The molecule has 2 N–H and O–H groups in total. The number of fused-ring (bicyclic) bond motifs is 1. The molecule has 0 atom stereocenters. The fourth-order valence-corrected chi connectivity index (χ4v) is 3.03. The number of carbonyl (C=O) groups is 1. The van der Waals surface area contributed by atoms with Crippen molar-refractivity contribution >= 4 is 16.9 Å². The zero-order valence-corrected chi connectivity index (χ0v) is 14.7. The van der Waals surface area contributed by atoms with Crippen LogP contribution in [0.1, 0.15) is 35.9 Å². The minimum absolute atomic E-state index is 0.0608. The van der Waals surface area contributed by atoms with Crippen LogP contribution < -0.4 is 10.6 Å². The summed E-state index contributed by atoms with van der Waals surface area (Å²) in [6, 6.07) is 2.14. The maximum Gasteiger partial charge on any atom is 0.253 e. The number of nitrogens with one attached hydrogen (secondary N) is 2. The Hall–Kier alpha value is -1.99. The molecule has 0 radical (unpaired) electrons. The minimum Gasteiger partial charge on any atom is -0.351 e. The average molecular weight is 330 g/mol. The van der Waals surface area contributed by atoms with E-state index in [2.05, 4.69) is 39.5 Å². The van der Waals surface area contributed by atoms with Crippen LogP contribution in [0.2, 0.25) is 0 Å². The van der Waals surface area contributed by atoms with Gasteiger partial charge in [-0.25, -0.2) is 9.67 Å². The van der Waals surface area contributed by atoms with Crippen molar-refractivity contribution in [3.05, 3.63) is 23.5 Å². The van der Waals surface area contributed by atoms with Gasteiger partial charge < -0.3 is 10.6 Å². The van der Waals surface area contributed by atoms with E-state index in [0.29, 0.717) is 12.1 Å². The summed E-state index contributed by atoms with van der Waals surface area (Å²) in [5.74, 6) is -0.0608. The van der Waals surface area contributed by atoms with E-state index in [9.17, 15) is 4.79 Å². The van der Waals surface area contributed by atoms with Crippen molar-refractivity contribution in [3.8, 4) is 0 Å². The zero-order valence-electron chi connectivity index (χ0n) is 14.7. The summed E-state index contributed by atoms with van der Waals surface area (Å²) in [7, 11) is 0. The molecule has 7 nitrogen and oxygen atoms in total. The van der Waals surface area contributed by atoms with Crippen molar-refractivity contribution in [1.29, 1.82) is 0 Å². The van der Waals surface area contributed by atoms with Crippen LogP contribution >= 0.6 is 0 Å². The number of rotatable bonds is 5. The van der Waals surface area contributed by atoms with E-state index in [0.717, 1.165) is 49.5 Å². The molecule has 0 saturated carbocycles. The number of hydrogen-bond acceptors (Lipinski definition) is 5.